The summed E-state index contributed by atoms with van der Waals surface area (Å²) in [6.07, 6.45) is 1.07. The zero-order valence-electron chi connectivity index (χ0n) is 17.9. The molecule has 2 heterocycles. The van der Waals surface area contributed by atoms with Crippen molar-refractivity contribution < 1.29 is 18.4 Å². The van der Waals surface area contributed by atoms with Gasteiger partial charge in [0, 0.05) is 30.6 Å². The first-order chi connectivity index (χ1) is 15.8. The molecule has 2 amide bonds. The van der Waals surface area contributed by atoms with E-state index in [1.165, 1.54) is 16.7 Å². The lowest BCUT2D eigenvalue weighted by atomic mass is 9.96. The second kappa shape index (κ2) is 9.70. The Balaban J connectivity index is 1.62. The summed E-state index contributed by atoms with van der Waals surface area (Å²) < 4.78 is 29.8. The van der Waals surface area contributed by atoms with Gasteiger partial charge in [0.2, 0.25) is 11.8 Å². The lowest BCUT2D eigenvalue weighted by molar-refractivity contribution is -0.134. The molecule has 1 saturated heterocycles. The molecule has 2 aromatic carbocycles. The number of aromatic nitrogens is 3. The van der Waals surface area contributed by atoms with E-state index in [-0.39, 0.29) is 23.4 Å². The predicted octanol–water partition coefficient (Wildman–Crippen LogP) is 3.42. The maximum absolute atomic E-state index is 14.7. The molecular formula is C23H23F2N5O2S. The SMILES string of the molecule is CC(Sc1nnc(-c2ccccc2)n1-c1ccc(F)cc1F)C(=O)N1CCC(C(N)=O)CC1. The third kappa shape index (κ3) is 4.90. The zero-order valence-corrected chi connectivity index (χ0v) is 18.8. The molecule has 4 rings (SSSR count). The number of hydrogen-bond acceptors (Lipinski definition) is 5. The molecule has 1 fully saturated rings. The maximum atomic E-state index is 14.7. The molecule has 3 aromatic rings. The molecule has 1 aliphatic rings. The molecule has 7 nitrogen and oxygen atoms in total. The zero-order chi connectivity index (χ0) is 23.5. The summed E-state index contributed by atoms with van der Waals surface area (Å²) in [5.41, 5.74) is 6.17. The fourth-order valence-corrected chi connectivity index (χ4v) is 4.79. The van der Waals surface area contributed by atoms with Gasteiger partial charge < -0.3 is 10.6 Å². The second-order valence-electron chi connectivity index (χ2n) is 7.87. The van der Waals surface area contributed by atoms with E-state index in [0.29, 0.717) is 42.5 Å². The van der Waals surface area contributed by atoms with Crippen molar-refractivity contribution in [2.45, 2.75) is 30.2 Å². The second-order valence-corrected chi connectivity index (χ2v) is 9.17. The molecule has 0 saturated carbocycles. The number of amides is 2. The van der Waals surface area contributed by atoms with E-state index >= 15 is 0 Å². The topological polar surface area (TPSA) is 94.1 Å². The molecule has 2 N–H and O–H groups in total. The fourth-order valence-electron chi connectivity index (χ4n) is 3.85. The molecular weight excluding hydrogens is 448 g/mol. The van der Waals surface area contributed by atoms with Gasteiger partial charge in [-0.2, -0.15) is 0 Å². The fraction of sp³-hybridized carbons (Fsp3) is 0.304. The Hall–Kier alpha value is -3.27. The number of halogens is 2. The average Bonchev–Trinajstić information content (AvgIpc) is 3.22. The minimum absolute atomic E-state index is 0.0877. The quantitative estimate of drug-likeness (QED) is 0.556. The van der Waals surface area contributed by atoms with Crippen LogP contribution in [0.1, 0.15) is 19.8 Å². The minimum Gasteiger partial charge on any atom is -0.369 e. The number of carbonyl (C=O) groups excluding carboxylic acids is 2. The summed E-state index contributed by atoms with van der Waals surface area (Å²) in [4.78, 5) is 26.1. The van der Waals surface area contributed by atoms with E-state index in [9.17, 15) is 18.4 Å². The van der Waals surface area contributed by atoms with Gasteiger partial charge in [0.15, 0.2) is 11.0 Å². The Bertz CT molecular complexity index is 1160. The summed E-state index contributed by atoms with van der Waals surface area (Å²) in [6, 6.07) is 12.4. The van der Waals surface area contributed by atoms with E-state index < -0.39 is 16.9 Å². The molecule has 0 spiro atoms. The van der Waals surface area contributed by atoms with E-state index in [2.05, 4.69) is 10.2 Å². The van der Waals surface area contributed by atoms with Gasteiger partial charge in [0.25, 0.3) is 0 Å². The van der Waals surface area contributed by atoms with Crippen LogP contribution in [0.25, 0.3) is 17.1 Å². The van der Waals surface area contributed by atoms with Crippen molar-refractivity contribution in [3.63, 3.8) is 0 Å². The van der Waals surface area contributed by atoms with Crippen molar-refractivity contribution in [3.05, 3.63) is 60.2 Å². The van der Waals surface area contributed by atoms with Crippen LogP contribution < -0.4 is 5.73 Å². The number of hydrogen-bond donors (Lipinski definition) is 1. The molecule has 10 heteroatoms. The van der Waals surface area contributed by atoms with Crippen LogP contribution in [0.3, 0.4) is 0 Å². The van der Waals surface area contributed by atoms with Gasteiger partial charge in [-0.15, -0.1) is 10.2 Å². The van der Waals surface area contributed by atoms with Crippen molar-refractivity contribution in [2.24, 2.45) is 11.7 Å². The van der Waals surface area contributed by atoms with Crippen LogP contribution in [-0.2, 0) is 9.59 Å². The Morgan fingerprint density at radius 2 is 1.79 bits per heavy atom. The lowest BCUT2D eigenvalue weighted by Crippen LogP contribution is -2.44. The van der Waals surface area contributed by atoms with Crippen molar-refractivity contribution in [1.82, 2.24) is 19.7 Å². The predicted molar refractivity (Wildman–Crippen MR) is 121 cm³/mol. The molecule has 1 unspecified atom stereocenters. The molecule has 0 radical (unpaired) electrons. The summed E-state index contributed by atoms with van der Waals surface area (Å²) in [6.45, 7) is 2.65. The number of piperidine rings is 1. The van der Waals surface area contributed by atoms with Gasteiger partial charge in [-0.25, -0.2) is 8.78 Å². The maximum Gasteiger partial charge on any atom is 0.235 e. The van der Waals surface area contributed by atoms with Crippen LogP contribution in [0.2, 0.25) is 0 Å². The first-order valence-electron chi connectivity index (χ1n) is 10.6. The number of primary amides is 1. The standard InChI is InChI=1S/C23H23F2N5O2S/c1-14(22(32)29-11-9-15(10-12-29)20(26)31)33-23-28-27-21(16-5-3-2-4-6-16)30(23)19-8-7-17(24)13-18(19)25/h2-8,13-15H,9-12H2,1H3,(H2,26,31). The number of likely N-dealkylation sites (tertiary alicyclic amines) is 1. The summed E-state index contributed by atoms with van der Waals surface area (Å²) in [7, 11) is 0. The van der Waals surface area contributed by atoms with Crippen LogP contribution in [0.15, 0.2) is 53.7 Å². The van der Waals surface area contributed by atoms with Crippen LogP contribution in [0.4, 0.5) is 8.78 Å². The lowest BCUT2D eigenvalue weighted by Gasteiger charge is -2.32. The molecule has 1 atom stereocenters. The molecule has 33 heavy (non-hydrogen) atoms. The van der Waals surface area contributed by atoms with Crippen LogP contribution >= 0.6 is 11.8 Å². The van der Waals surface area contributed by atoms with Crippen LogP contribution in [0.5, 0.6) is 0 Å². The number of carbonyl (C=O) groups is 2. The van der Waals surface area contributed by atoms with Gasteiger partial charge in [0.1, 0.15) is 11.6 Å². The minimum atomic E-state index is -0.763. The highest BCUT2D eigenvalue weighted by Crippen LogP contribution is 2.32. The summed E-state index contributed by atoms with van der Waals surface area (Å²) >= 11 is 1.15. The summed E-state index contributed by atoms with van der Waals surface area (Å²) in [5, 5.41) is 8.23. The number of benzene rings is 2. The molecule has 0 bridgehead atoms. The smallest absolute Gasteiger partial charge is 0.235 e. The largest absolute Gasteiger partial charge is 0.369 e. The van der Waals surface area contributed by atoms with Crippen molar-refractivity contribution in [3.8, 4) is 17.1 Å². The highest BCUT2D eigenvalue weighted by Gasteiger charge is 2.30. The Morgan fingerprint density at radius 3 is 2.42 bits per heavy atom. The molecule has 1 aliphatic heterocycles. The first-order valence-corrected chi connectivity index (χ1v) is 11.4. The van der Waals surface area contributed by atoms with Crippen molar-refractivity contribution in [1.29, 1.82) is 0 Å². The van der Waals surface area contributed by atoms with Crippen molar-refractivity contribution >= 4 is 23.6 Å². The van der Waals surface area contributed by atoms with Gasteiger partial charge >= 0.3 is 0 Å². The van der Waals surface area contributed by atoms with E-state index in [4.69, 9.17) is 5.73 Å². The monoisotopic (exact) mass is 471 g/mol. The first kappa shape index (κ1) is 22.9. The van der Waals surface area contributed by atoms with Crippen LogP contribution in [0, 0.1) is 17.6 Å². The average molecular weight is 472 g/mol. The number of nitrogens with two attached hydrogens (primary N) is 1. The highest BCUT2D eigenvalue weighted by atomic mass is 32.2. The van der Waals surface area contributed by atoms with E-state index in [1.54, 1.807) is 11.8 Å². The Kier molecular flexibility index (Phi) is 6.73. The van der Waals surface area contributed by atoms with Gasteiger partial charge in [-0.1, -0.05) is 42.1 Å². The Morgan fingerprint density at radius 1 is 1.09 bits per heavy atom. The van der Waals surface area contributed by atoms with Crippen molar-refractivity contribution in [2.75, 3.05) is 13.1 Å². The Labute approximate surface area is 194 Å². The van der Waals surface area contributed by atoms with Gasteiger partial charge in [-0.3, -0.25) is 14.2 Å². The highest BCUT2D eigenvalue weighted by molar-refractivity contribution is 8.00. The van der Waals surface area contributed by atoms with E-state index in [1.807, 2.05) is 30.3 Å². The molecule has 1 aromatic heterocycles. The van der Waals surface area contributed by atoms with Gasteiger partial charge in [0.05, 0.1) is 10.9 Å². The molecule has 0 aliphatic carbocycles. The summed E-state index contributed by atoms with van der Waals surface area (Å²) in [5.74, 6) is -1.74. The van der Waals surface area contributed by atoms with Gasteiger partial charge in [-0.05, 0) is 31.9 Å². The number of rotatable bonds is 6. The van der Waals surface area contributed by atoms with E-state index in [0.717, 1.165) is 17.8 Å². The van der Waals surface area contributed by atoms with Crippen LogP contribution in [-0.4, -0.2) is 49.8 Å². The number of thioether (sulfide) groups is 1. The molecule has 172 valence electrons. The normalized spacial score (nSPS) is 15.4. The third-order valence-electron chi connectivity index (χ3n) is 5.65. The third-order valence-corrected chi connectivity index (χ3v) is 6.69. The number of nitrogens with zero attached hydrogens (tertiary/aromatic N) is 4.